The number of nitrogens with one attached hydrogen (secondary N) is 2. The zero-order valence-corrected chi connectivity index (χ0v) is 15.6. The molecule has 2 N–H and O–H groups in total. The maximum absolute atomic E-state index is 11.9. The first-order valence-electron chi connectivity index (χ1n) is 8.83. The van der Waals surface area contributed by atoms with E-state index in [1.54, 1.807) is 0 Å². The molecule has 0 aliphatic carbocycles. The van der Waals surface area contributed by atoms with E-state index in [2.05, 4.69) is 38.1 Å². The van der Waals surface area contributed by atoms with Crippen LogP contribution in [0.5, 0.6) is 0 Å². The first-order valence-corrected chi connectivity index (χ1v) is 8.83. The third kappa shape index (κ3) is 4.38. The number of tetrazole rings is 1. The molecule has 0 fully saturated rings. The topological polar surface area (TPSA) is 92.8 Å². The Balaban J connectivity index is 1.76. The minimum absolute atomic E-state index is 0.151. The Morgan fingerprint density at radius 3 is 2.41 bits per heavy atom. The van der Waals surface area contributed by atoms with Crippen molar-refractivity contribution in [2.75, 3.05) is 7.11 Å². The summed E-state index contributed by atoms with van der Waals surface area (Å²) < 4.78 is 4.87. The van der Waals surface area contributed by atoms with Crippen LogP contribution in [0.4, 0.5) is 0 Å². The summed E-state index contributed by atoms with van der Waals surface area (Å²) in [5, 5.41) is 17.6. The Hall–Kier alpha value is -3.06. The highest BCUT2D eigenvalue weighted by molar-refractivity contribution is 5.80. The van der Waals surface area contributed by atoms with Gasteiger partial charge in [0.15, 0.2) is 0 Å². The van der Waals surface area contributed by atoms with Gasteiger partial charge in [-0.1, -0.05) is 62.4 Å². The van der Waals surface area contributed by atoms with Crippen LogP contribution in [0.2, 0.25) is 0 Å². The number of methoxy groups -OCH3 is 1. The molecular weight excluding hydrogens is 342 g/mol. The van der Waals surface area contributed by atoms with Gasteiger partial charge in [-0.25, -0.2) is 0 Å². The van der Waals surface area contributed by atoms with Crippen LogP contribution < -0.4 is 5.32 Å². The monoisotopic (exact) mass is 365 g/mol. The Kier molecular flexibility index (Phi) is 5.93. The molecule has 0 radical (unpaired) electrons. The summed E-state index contributed by atoms with van der Waals surface area (Å²) in [5.41, 5.74) is 4.11. The van der Waals surface area contributed by atoms with Crippen LogP contribution in [0, 0.1) is 5.92 Å². The van der Waals surface area contributed by atoms with E-state index in [-0.39, 0.29) is 17.9 Å². The molecule has 1 atom stereocenters. The number of nitrogens with zero attached hydrogens (tertiary/aromatic N) is 3. The smallest absolute Gasteiger partial charge is 0.323 e. The predicted octanol–water partition coefficient (Wildman–Crippen LogP) is 2.82. The molecule has 140 valence electrons. The molecule has 3 aromatic rings. The molecule has 0 amide bonds. The molecule has 0 saturated heterocycles. The number of rotatable bonds is 7. The van der Waals surface area contributed by atoms with Crippen molar-refractivity contribution in [2.24, 2.45) is 5.92 Å². The summed E-state index contributed by atoms with van der Waals surface area (Å²) >= 11 is 0. The molecule has 1 aromatic heterocycles. The molecule has 0 unspecified atom stereocenters. The number of carbonyl (C=O) groups excluding carboxylic acids is 1. The van der Waals surface area contributed by atoms with Crippen molar-refractivity contribution in [1.29, 1.82) is 0 Å². The highest BCUT2D eigenvalue weighted by atomic mass is 16.5. The van der Waals surface area contributed by atoms with Crippen LogP contribution in [0.1, 0.15) is 19.4 Å². The van der Waals surface area contributed by atoms with Crippen molar-refractivity contribution in [3.8, 4) is 22.5 Å². The second-order valence-corrected chi connectivity index (χ2v) is 6.60. The average molecular weight is 365 g/mol. The van der Waals surface area contributed by atoms with Gasteiger partial charge in [-0.05, 0) is 27.8 Å². The van der Waals surface area contributed by atoms with Crippen LogP contribution in [-0.2, 0) is 16.1 Å². The van der Waals surface area contributed by atoms with Gasteiger partial charge in [0.2, 0.25) is 5.82 Å². The largest absolute Gasteiger partial charge is 0.468 e. The number of hydrogen-bond acceptors (Lipinski definition) is 6. The molecule has 0 aliphatic rings. The van der Waals surface area contributed by atoms with Crippen LogP contribution in [-0.4, -0.2) is 39.7 Å². The standard InChI is InChI=1S/C20H23N5O2/c1-13(2)18(20(26)27-3)21-12-14-8-10-15(11-9-14)16-6-4-5-7-17(16)19-22-24-25-23-19/h4-11,13,18,21H,12H2,1-3H3,(H,22,23,24,25)/t18-/m1/s1. The van der Waals surface area contributed by atoms with E-state index >= 15 is 0 Å². The Morgan fingerprint density at radius 1 is 1.11 bits per heavy atom. The SMILES string of the molecule is COC(=O)[C@H](NCc1ccc(-c2ccccc2-c2nn[nH]n2)cc1)C(C)C. The van der Waals surface area contributed by atoms with Crippen molar-refractivity contribution in [2.45, 2.75) is 26.4 Å². The van der Waals surface area contributed by atoms with Gasteiger partial charge in [0.05, 0.1) is 7.11 Å². The average Bonchev–Trinajstić information content (AvgIpc) is 3.23. The Labute approximate surface area is 158 Å². The Morgan fingerprint density at radius 2 is 1.81 bits per heavy atom. The molecule has 27 heavy (non-hydrogen) atoms. The first kappa shape index (κ1) is 18.7. The predicted molar refractivity (Wildman–Crippen MR) is 103 cm³/mol. The minimum atomic E-state index is -0.325. The molecule has 0 saturated carbocycles. The second-order valence-electron chi connectivity index (χ2n) is 6.60. The molecular formula is C20H23N5O2. The van der Waals surface area contributed by atoms with Crippen LogP contribution >= 0.6 is 0 Å². The molecule has 0 aliphatic heterocycles. The van der Waals surface area contributed by atoms with E-state index in [1.807, 2.05) is 50.2 Å². The number of esters is 1. The van der Waals surface area contributed by atoms with Crippen molar-refractivity contribution >= 4 is 5.97 Å². The van der Waals surface area contributed by atoms with E-state index in [1.165, 1.54) is 7.11 Å². The summed E-state index contributed by atoms with van der Waals surface area (Å²) in [6, 6.07) is 15.8. The number of H-pyrrole nitrogens is 1. The number of hydrogen-bond donors (Lipinski definition) is 2. The lowest BCUT2D eigenvalue weighted by Gasteiger charge is -2.20. The van der Waals surface area contributed by atoms with Gasteiger partial charge in [-0.2, -0.15) is 5.21 Å². The first-order chi connectivity index (χ1) is 13.1. The lowest BCUT2D eigenvalue weighted by atomic mass is 9.98. The van der Waals surface area contributed by atoms with Crippen molar-refractivity contribution in [3.63, 3.8) is 0 Å². The lowest BCUT2D eigenvalue weighted by Crippen LogP contribution is -2.41. The van der Waals surface area contributed by atoms with E-state index in [4.69, 9.17) is 4.74 Å². The number of ether oxygens (including phenoxy) is 1. The van der Waals surface area contributed by atoms with Crippen LogP contribution in [0.3, 0.4) is 0 Å². The zero-order valence-electron chi connectivity index (χ0n) is 15.6. The zero-order chi connectivity index (χ0) is 19.2. The summed E-state index contributed by atoms with van der Waals surface area (Å²) in [5.74, 6) is 0.475. The van der Waals surface area contributed by atoms with Crippen LogP contribution in [0.15, 0.2) is 48.5 Å². The number of aromatic amines is 1. The van der Waals surface area contributed by atoms with Crippen molar-refractivity contribution in [1.82, 2.24) is 25.9 Å². The van der Waals surface area contributed by atoms with Gasteiger partial charge in [0.25, 0.3) is 0 Å². The van der Waals surface area contributed by atoms with E-state index in [9.17, 15) is 4.79 Å². The fourth-order valence-corrected chi connectivity index (χ4v) is 2.95. The maximum Gasteiger partial charge on any atom is 0.323 e. The number of carbonyl (C=O) groups is 1. The second kappa shape index (κ2) is 8.55. The molecule has 3 rings (SSSR count). The molecule has 2 aromatic carbocycles. The van der Waals surface area contributed by atoms with Gasteiger partial charge in [-0.3, -0.25) is 4.79 Å². The third-order valence-electron chi connectivity index (χ3n) is 4.43. The van der Waals surface area contributed by atoms with E-state index < -0.39 is 0 Å². The van der Waals surface area contributed by atoms with Crippen molar-refractivity contribution < 1.29 is 9.53 Å². The summed E-state index contributed by atoms with van der Waals surface area (Å²) in [7, 11) is 1.41. The molecule has 0 bridgehead atoms. The van der Waals surface area contributed by atoms with E-state index in [0.717, 1.165) is 22.3 Å². The number of benzene rings is 2. The quantitative estimate of drug-likeness (QED) is 0.626. The van der Waals surface area contributed by atoms with Gasteiger partial charge >= 0.3 is 5.97 Å². The van der Waals surface area contributed by atoms with Gasteiger partial charge in [0, 0.05) is 12.1 Å². The highest BCUT2D eigenvalue weighted by Gasteiger charge is 2.22. The minimum Gasteiger partial charge on any atom is -0.468 e. The summed E-state index contributed by atoms with van der Waals surface area (Å²) in [4.78, 5) is 11.9. The maximum atomic E-state index is 11.9. The normalized spacial score (nSPS) is 12.1. The fraction of sp³-hybridized carbons (Fsp3) is 0.300. The molecule has 7 heteroatoms. The molecule has 0 spiro atoms. The Bertz CT molecular complexity index is 876. The molecule has 7 nitrogen and oxygen atoms in total. The summed E-state index contributed by atoms with van der Waals surface area (Å²) in [6.07, 6.45) is 0. The number of aromatic nitrogens is 4. The van der Waals surface area contributed by atoms with Gasteiger partial charge < -0.3 is 10.1 Å². The van der Waals surface area contributed by atoms with Crippen molar-refractivity contribution in [3.05, 3.63) is 54.1 Å². The fourth-order valence-electron chi connectivity index (χ4n) is 2.95. The third-order valence-corrected chi connectivity index (χ3v) is 4.43. The van der Waals surface area contributed by atoms with E-state index in [0.29, 0.717) is 12.4 Å². The van der Waals surface area contributed by atoms with Gasteiger partial charge in [0.1, 0.15) is 6.04 Å². The lowest BCUT2D eigenvalue weighted by molar-refractivity contribution is -0.144. The molecule has 1 heterocycles. The van der Waals surface area contributed by atoms with Crippen LogP contribution in [0.25, 0.3) is 22.5 Å². The summed E-state index contributed by atoms with van der Waals surface area (Å²) in [6.45, 7) is 4.57. The highest BCUT2D eigenvalue weighted by Crippen LogP contribution is 2.29. The van der Waals surface area contributed by atoms with Gasteiger partial charge in [-0.15, -0.1) is 10.2 Å².